The van der Waals surface area contributed by atoms with Crippen LogP contribution in [0.2, 0.25) is 0 Å². The zero-order chi connectivity index (χ0) is 14.5. The molecule has 1 saturated carbocycles. The predicted octanol–water partition coefficient (Wildman–Crippen LogP) is 1.59. The summed E-state index contributed by atoms with van der Waals surface area (Å²) >= 11 is 0. The van der Waals surface area contributed by atoms with E-state index in [-0.39, 0.29) is 47.5 Å². The minimum atomic E-state index is -0.126. The van der Waals surface area contributed by atoms with Gasteiger partial charge in [0.2, 0.25) is 11.8 Å². The maximum absolute atomic E-state index is 12.6. The van der Waals surface area contributed by atoms with E-state index in [4.69, 9.17) is 5.11 Å². The molecule has 20 heavy (non-hydrogen) atoms. The molecule has 2 amide bonds. The zero-order valence-corrected chi connectivity index (χ0v) is 12.2. The number of aliphatic hydroxyl groups excluding tert-OH is 1. The van der Waals surface area contributed by atoms with Crippen LogP contribution in [0.25, 0.3) is 0 Å². The van der Waals surface area contributed by atoms with Crippen LogP contribution in [0.5, 0.6) is 0 Å². The second-order valence-corrected chi connectivity index (χ2v) is 7.25. The fourth-order valence-corrected chi connectivity index (χ4v) is 4.18. The van der Waals surface area contributed by atoms with Crippen LogP contribution >= 0.6 is 0 Å². The van der Waals surface area contributed by atoms with Gasteiger partial charge in [-0.1, -0.05) is 26.0 Å². The Bertz CT molecular complexity index is 438. The average Bonchev–Trinajstić information content (AvgIpc) is 3.06. The van der Waals surface area contributed by atoms with Gasteiger partial charge in [-0.25, -0.2) is 0 Å². The summed E-state index contributed by atoms with van der Waals surface area (Å²) in [5, 5.41) is 8.95. The Morgan fingerprint density at radius 3 is 2.25 bits per heavy atom. The molecule has 3 rings (SSSR count). The number of hydrogen-bond donors (Lipinski definition) is 1. The van der Waals surface area contributed by atoms with E-state index in [1.165, 1.54) is 4.90 Å². The van der Waals surface area contributed by atoms with Gasteiger partial charge in [0.15, 0.2) is 0 Å². The molecule has 4 unspecified atom stereocenters. The molecule has 0 aromatic carbocycles. The first-order chi connectivity index (χ1) is 9.44. The van der Waals surface area contributed by atoms with Crippen molar-refractivity contribution in [3.63, 3.8) is 0 Å². The number of likely N-dealkylation sites (tertiary alicyclic amines) is 1. The summed E-state index contributed by atoms with van der Waals surface area (Å²) in [5.74, 6) is 0.458. The van der Waals surface area contributed by atoms with E-state index >= 15 is 0 Å². The van der Waals surface area contributed by atoms with Crippen LogP contribution in [0.1, 0.15) is 33.1 Å². The van der Waals surface area contributed by atoms with Gasteiger partial charge >= 0.3 is 0 Å². The average molecular weight is 277 g/mol. The van der Waals surface area contributed by atoms with Crippen LogP contribution in [-0.2, 0) is 9.59 Å². The fourth-order valence-electron chi connectivity index (χ4n) is 4.18. The SMILES string of the molecule is CC(C)(CCCO)CN1C(=O)C2C3C=CC(C3)C2C1=O. The number of hydrogen-bond acceptors (Lipinski definition) is 3. The summed E-state index contributed by atoms with van der Waals surface area (Å²) in [6, 6.07) is 0. The maximum Gasteiger partial charge on any atom is 0.233 e. The smallest absolute Gasteiger partial charge is 0.233 e. The highest BCUT2D eigenvalue weighted by Gasteiger charge is 2.59. The Labute approximate surface area is 119 Å². The second-order valence-electron chi connectivity index (χ2n) is 7.25. The van der Waals surface area contributed by atoms with Crippen LogP contribution in [0, 0.1) is 29.1 Å². The lowest BCUT2D eigenvalue weighted by Gasteiger charge is -2.30. The van der Waals surface area contributed by atoms with E-state index in [1.807, 2.05) is 0 Å². The highest BCUT2D eigenvalue weighted by Crippen LogP contribution is 2.52. The largest absolute Gasteiger partial charge is 0.396 e. The Kier molecular flexibility index (Phi) is 3.24. The van der Waals surface area contributed by atoms with Crippen molar-refractivity contribution in [2.45, 2.75) is 33.1 Å². The lowest BCUT2D eigenvalue weighted by Crippen LogP contribution is -2.40. The van der Waals surface area contributed by atoms with E-state index in [0.717, 1.165) is 12.8 Å². The van der Waals surface area contributed by atoms with Crippen LogP contribution < -0.4 is 0 Å². The molecule has 4 heteroatoms. The lowest BCUT2D eigenvalue weighted by molar-refractivity contribution is -0.142. The van der Waals surface area contributed by atoms with Crippen molar-refractivity contribution >= 4 is 11.8 Å². The van der Waals surface area contributed by atoms with Crippen molar-refractivity contribution < 1.29 is 14.7 Å². The first-order valence-electron chi connectivity index (χ1n) is 7.59. The van der Waals surface area contributed by atoms with Crippen molar-refractivity contribution in [1.82, 2.24) is 4.90 Å². The molecule has 0 radical (unpaired) electrons. The number of amides is 2. The first kappa shape index (κ1) is 13.8. The number of aliphatic hydroxyl groups is 1. The van der Waals surface area contributed by atoms with Crippen LogP contribution in [-0.4, -0.2) is 35.0 Å². The summed E-state index contributed by atoms with van der Waals surface area (Å²) in [6.07, 6.45) is 6.76. The first-order valence-corrected chi connectivity index (χ1v) is 7.59. The Hall–Kier alpha value is -1.16. The van der Waals surface area contributed by atoms with E-state index < -0.39 is 0 Å². The van der Waals surface area contributed by atoms with Crippen molar-refractivity contribution in [3.8, 4) is 0 Å². The van der Waals surface area contributed by atoms with Crippen molar-refractivity contribution in [3.05, 3.63) is 12.2 Å². The van der Waals surface area contributed by atoms with Gasteiger partial charge in [0.25, 0.3) is 0 Å². The lowest BCUT2D eigenvalue weighted by atomic mass is 9.85. The minimum absolute atomic E-state index is 0.0360. The van der Waals surface area contributed by atoms with Crippen molar-refractivity contribution in [2.75, 3.05) is 13.2 Å². The molecule has 3 aliphatic rings. The number of allylic oxidation sites excluding steroid dienone is 2. The molecule has 1 saturated heterocycles. The Morgan fingerprint density at radius 2 is 1.75 bits per heavy atom. The number of imide groups is 1. The number of carbonyl (C=O) groups is 2. The van der Waals surface area contributed by atoms with Gasteiger partial charge in [0, 0.05) is 13.2 Å². The summed E-state index contributed by atoms with van der Waals surface area (Å²) in [5.41, 5.74) is -0.126. The third-order valence-corrected chi connectivity index (χ3v) is 5.16. The molecule has 0 spiro atoms. The van der Waals surface area contributed by atoms with Gasteiger partial charge in [-0.3, -0.25) is 14.5 Å². The Morgan fingerprint density at radius 1 is 1.20 bits per heavy atom. The van der Waals surface area contributed by atoms with E-state index in [9.17, 15) is 9.59 Å². The molecular formula is C16H23NO3. The number of rotatable bonds is 5. The van der Waals surface area contributed by atoms with Crippen molar-refractivity contribution in [1.29, 1.82) is 0 Å². The molecule has 2 fully saturated rings. The highest BCUT2D eigenvalue weighted by atomic mass is 16.3. The number of carbonyl (C=O) groups excluding carboxylic acids is 2. The molecule has 4 atom stereocenters. The van der Waals surface area contributed by atoms with Gasteiger partial charge in [-0.2, -0.15) is 0 Å². The monoisotopic (exact) mass is 277 g/mol. The molecule has 110 valence electrons. The Balaban J connectivity index is 1.73. The fraction of sp³-hybridized carbons (Fsp3) is 0.750. The summed E-state index contributed by atoms with van der Waals surface area (Å²) < 4.78 is 0. The van der Waals surface area contributed by atoms with Crippen molar-refractivity contribution in [2.24, 2.45) is 29.1 Å². The third kappa shape index (κ3) is 2.01. The minimum Gasteiger partial charge on any atom is -0.396 e. The molecule has 1 N–H and O–H groups in total. The third-order valence-electron chi connectivity index (χ3n) is 5.16. The summed E-state index contributed by atoms with van der Waals surface area (Å²) in [7, 11) is 0. The van der Waals surface area contributed by atoms with E-state index in [2.05, 4.69) is 26.0 Å². The van der Waals surface area contributed by atoms with Crippen LogP contribution in [0.15, 0.2) is 12.2 Å². The van der Waals surface area contributed by atoms with Gasteiger partial charge in [0.05, 0.1) is 11.8 Å². The van der Waals surface area contributed by atoms with Gasteiger partial charge in [0.1, 0.15) is 0 Å². The highest BCUT2D eigenvalue weighted by molar-refractivity contribution is 6.06. The normalized spacial score (nSPS) is 35.2. The van der Waals surface area contributed by atoms with Crippen LogP contribution in [0.4, 0.5) is 0 Å². The van der Waals surface area contributed by atoms with Crippen LogP contribution in [0.3, 0.4) is 0 Å². The van der Waals surface area contributed by atoms with Gasteiger partial charge in [-0.15, -0.1) is 0 Å². The quantitative estimate of drug-likeness (QED) is 0.613. The molecule has 1 heterocycles. The van der Waals surface area contributed by atoms with E-state index in [1.54, 1.807) is 0 Å². The molecular weight excluding hydrogens is 254 g/mol. The maximum atomic E-state index is 12.6. The second kappa shape index (κ2) is 4.69. The molecule has 4 nitrogen and oxygen atoms in total. The summed E-state index contributed by atoms with van der Waals surface area (Å²) in [4.78, 5) is 26.6. The van der Waals surface area contributed by atoms with Gasteiger partial charge in [-0.05, 0) is 36.5 Å². The molecule has 0 aromatic heterocycles. The molecule has 2 aliphatic carbocycles. The molecule has 2 bridgehead atoms. The topological polar surface area (TPSA) is 57.6 Å². The predicted molar refractivity (Wildman–Crippen MR) is 74.5 cm³/mol. The standard InChI is InChI=1S/C16H23NO3/c1-16(2,6-3-7-18)9-17-14(19)12-10-4-5-11(8-10)13(12)15(17)20/h4-5,10-13,18H,3,6-9H2,1-2H3. The molecule has 0 aromatic rings. The number of fused-ring (bicyclic) bond motifs is 5. The zero-order valence-electron chi connectivity index (χ0n) is 12.2. The number of nitrogens with zero attached hydrogens (tertiary/aromatic N) is 1. The van der Waals surface area contributed by atoms with E-state index in [0.29, 0.717) is 13.0 Å². The van der Waals surface area contributed by atoms with Gasteiger partial charge < -0.3 is 5.11 Å². The molecule has 1 aliphatic heterocycles. The summed E-state index contributed by atoms with van der Waals surface area (Å²) in [6.45, 7) is 4.76.